The molecule has 2 aromatic heterocycles. The van der Waals surface area contributed by atoms with E-state index in [9.17, 15) is 5.11 Å². The second-order valence-corrected chi connectivity index (χ2v) is 7.52. The Morgan fingerprint density at radius 1 is 1.22 bits per heavy atom. The molecule has 146 valence electrons. The van der Waals surface area contributed by atoms with E-state index >= 15 is 0 Å². The zero-order valence-corrected chi connectivity index (χ0v) is 15.3. The number of aliphatic hydroxyl groups excluding tert-OH is 1. The normalized spacial score (nSPS) is 33.3. The molecule has 3 aliphatic heterocycles. The molecule has 0 bridgehead atoms. The molecule has 27 heavy (non-hydrogen) atoms. The van der Waals surface area contributed by atoms with E-state index < -0.39 is 6.10 Å². The predicted molar refractivity (Wildman–Crippen MR) is 96.3 cm³/mol. The van der Waals surface area contributed by atoms with Crippen LogP contribution in [0.4, 0.5) is 5.82 Å². The molecule has 0 amide bonds. The van der Waals surface area contributed by atoms with Crippen LogP contribution in [0, 0.1) is 0 Å². The van der Waals surface area contributed by atoms with Crippen LogP contribution in [0.5, 0.6) is 6.01 Å². The minimum absolute atomic E-state index is 0.189. The van der Waals surface area contributed by atoms with Crippen molar-refractivity contribution < 1.29 is 24.1 Å². The zero-order chi connectivity index (χ0) is 18.4. The molecule has 9 nitrogen and oxygen atoms in total. The molecule has 0 saturated carbocycles. The summed E-state index contributed by atoms with van der Waals surface area (Å²) < 4.78 is 22.5. The SMILES string of the molecule is O[C@@H]1CO[C@H]2[C@@H]1OC[C@H]2Oc1nc2nc(NC3CCCOC3)c(Cl)cc2[nH]1. The fourth-order valence-electron chi connectivity index (χ4n) is 3.79. The number of hydrogen-bond donors (Lipinski definition) is 3. The molecule has 0 aromatic carbocycles. The quantitative estimate of drug-likeness (QED) is 0.704. The van der Waals surface area contributed by atoms with E-state index in [4.69, 9.17) is 30.5 Å². The second-order valence-electron chi connectivity index (χ2n) is 7.11. The summed E-state index contributed by atoms with van der Waals surface area (Å²) in [4.78, 5) is 12.0. The van der Waals surface area contributed by atoms with Crippen molar-refractivity contribution in [2.75, 3.05) is 31.7 Å². The summed E-state index contributed by atoms with van der Waals surface area (Å²) in [6, 6.07) is 2.29. The van der Waals surface area contributed by atoms with Crippen molar-refractivity contribution in [3.63, 3.8) is 0 Å². The lowest BCUT2D eigenvalue weighted by atomic mass is 10.1. The lowest BCUT2D eigenvalue weighted by molar-refractivity contribution is 0.00706. The predicted octanol–water partition coefficient (Wildman–Crippen LogP) is 1.11. The third-order valence-corrected chi connectivity index (χ3v) is 5.44. The number of ether oxygens (including phenoxy) is 4. The minimum atomic E-state index is -0.614. The molecular formula is C17H21ClN4O5. The number of rotatable bonds is 4. The van der Waals surface area contributed by atoms with Gasteiger partial charge in [0, 0.05) is 6.61 Å². The van der Waals surface area contributed by atoms with Crippen molar-refractivity contribution >= 4 is 28.6 Å². The van der Waals surface area contributed by atoms with Crippen LogP contribution in [-0.2, 0) is 14.2 Å². The smallest absolute Gasteiger partial charge is 0.296 e. The summed E-state index contributed by atoms with van der Waals surface area (Å²) in [5, 5.41) is 13.7. The first-order chi connectivity index (χ1) is 13.2. The van der Waals surface area contributed by atoms with Crippen LogP contribution < -0.4 is 10.1 Å². The molecule has 0 radical (unpaired) electrons. The number of aromatic amines is 1. The van der Waals surface area contributed by atoms with Crippen molar-refractivity contribution in [1.29, 1.82) is 0 Å². The average molecular weight is 397 g/mol. The summed E-state index contributed by atoms with van der Waals surface area (Å²) in [5.74, 6) is 0.587. The fourth-order valence-corrected chi connectivity index (χ4v) is 3.99. The van der Waals surface area contributed by atoms with E-state index in [-0.39, 0.29) is 31.0 Å². The van der Waals surface area contributed by atoms with Gasteiger partial charge in [0.1, 0.15) is 24.1 Å². The molecule has 0 spiro atoms. The van der Waals surface area contributed by atoms with Crippen molar-refractivity contribution in [2.24, 2.45) is 0 Å². The van der Waals surface area contributed by atoms with Crippen LogP contribution in [-0.4, -0.2) is 76.9 Å². The second kappa shape index (κ2) is 7.06. The highest BCUT2D eigenvalue weighted by atomic mass is 35.5. The van der Waals surface area contributed by atoms with Gasteiger partial charge in [-0.2, -0.15) is 4.98 Å². The number of halogens is 1. The molecule has 2 aromatic rings. The van der Waals surface area contributed by atoms with E-state index in [1.165, 1.54) is 0 Å². The number of nitrogens with one attached hydrogen (secondary N) is 2. The summed E-state index contributed by atoms with van der Waals surface area (Å²) in [7, 11) is 0. The van der Waals surface area contributed by atoms with Crippen molar-refractivity contribution in [3.05, 3.63) is 11.1 Å². The van der Waals surface area contributed by atoms with Crippen LogP contribution in [0.15, 0.2) is 6.07 Å². The Hall–Kier alpha value is -1.65. The lowest BCUT2D eigenvalue weighted by Crippen LogP contribution is -2.34. The minimum Gasteiger partial charge on any atom is -0.456 e. The van der Waals surface area contributed by atoms with E-state index in [1.807, 2.05) is 0 Å². The topological polar surface area (TPSA) is 111 Å². The van der Waals surface area contributed by atoms with Crippen molar-refractivity contribution in [3.8, 4) is 6.01 Å². The first-order valence-corrected chi connectivity index (χ1v) is 9.53. The number of aromatic nitrogens is 3. The van der Waals surface area contributed by atoms with Gasteiger partial charge in [0.25, 0.3) is 6.01 Å². The van der Waals surface area contributed by atoms with Crippen LogP contribution in [0.3, 0.4) is 0 Å². The third-order valence-electron chi connectivity index (χ3n) is 5.15. The molecule has 3 N–H and O–H groups in total. The lowest BCUT2D eigenvalue weighted by Gasteiger charge is -2.23. The molecule has 10 heteroatoms. The van der Waals surface area contributed by atoms with Gasteiger partial charge in [0.15, 0.2) is 11.8 Å². The first kappa shape index (κ1) is 17.4. The largest absolute Gasteiger partial charge is 0.456 e. The summed E-state index contributed by atoms with van der Waals surface area (Å²) in [6.45, 7) is 2.03. The number of anilines is 1. The average Bonchev–Trinajstić information content (AvgIpc) is 3.34. The number of pyridine rings is 1. The van der Waals surface area contributed by atoms with E-state index in [2.05, 4.69) is 20.3 Å². The highest BCUT2D eigenvalue weighted by Gasteiger charge is 2.48. The van der Waals surface area contributed by atoms with Gasteiger partial charge in [-0.25, -0.2) is 4.98 Å². The number of H-pyrrole nitrogens is 1. The maximum atomic E-state index is 9.82. The van der Waals surface area contributed by atoms with Crippen LogP contribution in [0.2, 0.25) is 5.02 Å². The Morgan fingerprint density at radius 2 is 2.11 bits per heavy atom. The summed E-state index contributed by atoms with van der Waals surface area (Å²) in [6.07, 6.45) is 0.438. The van der Waals surface area contributed by atoms with Gasteiger partial charge in [0.2, 0.25) is 0 Å². The molecule has 3 aliphatic rings. The Balaban J connectivity index is 1.33. The van der Waals surface area contributed by atoms with E-state index in [1.54, 1.807) is 6.07 Å². The monoisotopic (exact) mass is 396 g/mol. The first-order valence-electron chi connectivity index (χ1n) is 9.16. The molecule has 1 unspecified atom stereocenters. The molecule has 3 fully saturated rings. The molecule has 5 atom stereocenters. The Bertz CT molecular complexity index is 827. The summed E-state index contributed by atoms with van der Waals surface area (Å²) >= 11 is 6.37. The van der Waals surface area contributed by atoms with Crippen LogP contribution in [0.1, 0.15) is 12.8 Å². The van der Waals surface area contributed by atoms with Gasteiger partial charge < -0.3 is 34.4 Å². The number of imidazole rings is 1. The molecule has 5 rings (SSSR count). The number of aliphatic hydroxyl groups is 1. The Labute approximate surface area is 160 Å². The van der Waals surface area contributed by atoms with Crippen LogP contribution in [0.25, 0.3) is 11.2 Å². The molecule has 5 heterocycles. The molecule has 3 saturated heterocycles. The summed E-state index contributed by atoms with van der Waals surface area (Å²) in [5.41, 5.74) is 1.19. The maximum Gasteiger partial charge on any atom is 0.296 e. The highest BCUT2D eigenvalue weighted by Crippen LogP contribution is 2.31. The number of nitrogens with zero attached hydrogens (tertiary/aromatic N) is 2. The maximum absolute atomic E-state index is 9.82. The van der Waals surface area contributed by atoms with E-state index in [0.717, 1.165) is 19.4 Å². The van der Waals surface area contributed by atoms with Gasteiger partial charge in [-0.05, 0) is 18.9 Å². The Morgan fingerprint density at radius 3 is 2.96 bits per heavy atom. The van der Waals surface area contributed by atoms with Crippen molar-refractivity contribution in [2.45, 2.75) is 43.3 Å². The third kappa shape index (κ3) is 3.34. The van der Waals surface area contributed by atoms with Gasteiger partial charge in [-0.15, -0.1) is 0 Å². The van der Waals surface area contributed by atoms with Gasteiger partial charge in [-0.3, -0.25) is 0 Å². The highest BCUT2D eigenvalue weighted by molar-refractivity contribution is 6.33. The fraction of sp³-hybridized carbons (Fsp3) is 0.647. The van der Waals surface area contributed by atoms with Crippen molar-refractivity contribution in [1.82, 2.24) is 15.0 Å². The Kier molecular flexibility index (Phi) is 4.57. The number of fused-ring (bicyclic) bond motifs is 2. The standard InChI is InChI=1S/C17H21ClN4O5/c18-9-4-10-16(21-15(9)19-8-2-1-3-24-5-8)22-17(20-10)27-12-7-26-13-11(23)6-25-14(12)13/h4,8,11-14,23H,1-3,5-7H2,(H2,19,20,21,22)/t8?,11-,12-,13-,14-/m1/s1. The van der Waals surface area contributed by atoms with Crippen LogP contribution >= 0.6 is 11.6 Å². The van der Waals surface area contributed by atoms with Gasteiger partial charge >= 0.3 is 0 Å². The van der Waals surface area contributed by atoms with Gasteiger partial charge in [-0.1, -0.05) is 11.6 Å². The van der Waals surface area contributed by atoms with Gasteiger partial charge in [0.05, 0.1) is 36.4 Å². The zero-order valence-electron chi connectivity index (χ0n) is 14.6. The molecular weight excluding hydrogens is 376 g/mol. The molecule has 0 aliphatic carbocycles. The number of hydrogen-bond acceptors (Lipinski definition) is 8. The van der Waals surface area contributed by atoms with E-state index in [0.29, 0.717) is 41.2 Å².